The third kappa shape index (κ3) is 3.33. The first-order valence-electron chi connectivity index (χ1n) is 10.4. The molecule has 32 heavy (non-hydrogen) atoms. The molecule has 0 spiro atoms. The van der Waals surface area contributed by atoms with Crippen LogP contribution < -0.4 is 14.8 Å². The van der Waals surface area contributed by atoms with E-state index in [1.54, 1.807) is 32.7 Å². The van der Waals surface area contributed by atoms with Crippen LogP contribution in [0.3, 0.4) is 0 Å². The molecule has 2 heterocycles. The summed E-state index contributed by atoms with van der Waals surface area (Å²) < 4.78 is 12.5. The number of ether oxygens (including phenoxy) is 2. The molecule has 3 N–H and O–H groups in total. The minimum absolute atomic E-state index is 0.101. The Morgan fingerprint density at radius 1 is 1.03 bits per heavy atom. The van der Waals surface area contributed by atoms with Crippen LogP contribution in [-0.4, -0.2) is 39.2 Å². The summed E-state index contributed by atoms with van der Waals surface area (Å²) in [5, 5.41) is 27.9. The fourth-order valence-electron chi connectivity index (χ4n) is 4.48. The summed E-state index contributed by atoms with van der Waals surface area (Å²) in [5.74, 6) is 1.74. The molecule has 5 rings (SSSR count). The van der Waals surface area contributed by atoms with Crippen LogP contribution in [0.4, 0.5) is 5.95 Å². The highest BCUT2D eigenvalue weighted by molar-refractivity contribution is 5.67. The monoisotopic (exact) mass is 432 g/mol. The van der Waals surface area contributed by atoms with Crippen molar-refractivity contribution >= 4 is 12.0 Å². The zero-order valence-electron chi connectivity index (χ0n) is 17.9. The van der Waals surface area contributed by atoms with Crippen molar-refractivity contribution < 1.29 is 19.7 Å². The highest BCUT2D eigenvalue weighted by Gasteiger charge is 2.33. The van der Waals surface area contributed by atoms with Gasteiger partial charge in [-0.15, -0.1) is 0 Å². The molecular weight excluding hydrogens is 408 g/mol. The molecule has 2 aromatic carbocycles. The molecule has 0 radical (unpaired) electrons. The number of allylic oxidation sites excluding steroid dienone is 2. The normalized spacial score (nSPS) is 18.7. The molecule has 164 valence electrons. The third-order valence-electron chi connectivity index (χ3n) is 5.98. The molecule has 0 saturated carbocycles. The van der Waals surface area contributed by atoms with Crippen LogP contribution in [0.25, 0.3) is 6.08 Å². The maximum atomic E-state index is 10.1. The van der Waals surface area contributed by atoms with Crippen LogP contribution in [0, 0.1) is 0 Å². The predicted molar refractivity (Wildman–Crippen MR) is 120 cm³/mol. The van der Waals surface area contributed by atoms with E-state index in [0.29, 0.717) is 17.4 Å². The summed E-state index contributed by atoms with van der Waals surface area (Å²) in [6.45, 7) is 0. The molecule has 0 amide bonds. The number of fused-ring (bicyclic) bond motifs is 1. The second-order valence-corrected chi connectivity index (χ2v) is 7.84. The molecule has 0 unspecified atom stereocenters. The lowest BCUT2D eigenvalue weighted by Gasteiger charge is -2.34. The van der Waals surface area contributed by atoms with Gasteiger partial charge in [0.15, 0.2) is 23.0 Å². The van der Waals surface area contributed by atoms with Gasteiger partial charge in [-0.25, -0.2) is 4.68 Å². The smallest absolute Gasteiger partial charge is 0.226 e. The van der Waals surface area contributed by atoms with E-state index in [2.05, 4.69) is 21.5 Å². The highest BCUT2D eigenvalue weighted by atomic mass is 16.5. The van der Waals surface area contributed by atoms with E-state index < -0.39 is 0 Å². The molecule has 8 nitrogen and oxygen atoms in total. The van der Waals surface area contributed by atoms with Crippen LogP contribution in [0.2, 0.25) is 0 Å². The van der Waals surface area contributed by atoms with E-state index in [1.165, 1.54) is 5.57 Å². The number of phenolic OH excluding ortho intramolecular Hbond substituents is 2. The van der Waals surface area contributed by atoms with E-state index in [0.717, 1.165) is 41.7 Å². The van der Waals surface area contributed by atoms with Gasteiger partial charge in [0.05, 0.1) is 14.2 Å². The van der Waals surface area contributed by atoms with Crippen molar-refractivity contribution in [1.82, 2.24) is 14.8 Å². The Morgan fingerprint density at radius 2 is 1.78 bits per heavy atom. The van der Waals surface area contributed by atoms with E-state index in [4.69, 9.17) is 9.47 Å². The molecule has 8 heteroatoms. The number of methoxy groups -OCH3 is 2. The van der Waals surface area contributed by atoms with Gasteiger partial charge >= 0.3 is 0 Å². The topological polar surface area (TPSA) is 102 Å². The van der Waals surface area contributed by atoms with Crippen molar-refractivity contribution in [1.29, 1.82) is 0 Å². The van der Waals surface area contributed by atoms with Gasteiger partial charge in [-0.2, -0.15) is 10.1 Å². The van der Waals surface area contributed by atoms with Crippen LogP contribution in [-0.2, 0) is 0 Å². The minimum atomic E-state index is -0.156. The Balaban J connectivity index is 1.63. The molecule has 1 atom stereocenters. The summed E-state index contributed by atoms with van der Waals surface area (Å²) >= 11 is 0. The number of nitrogens with one attached hydrogen (secondary N) is 1. The lowest BCUT2D eigenvalue weighted by molar-refractivity contribution is 0.372. The fourth-order valence-corrected chi connectivity index (χ4v) is 4.48. The average molecular weight is 432 g/mol. The van der Waals surface area contributed by atoms with Crippen molar-refractivity contribution in [2.24, 2.45) is 0 Å². The zero-order chi connectivity index (χ0) is 22.2. The molecule has 1 aliphatic carbocycles. The van der Waals surface area contributed by atoms with Gasteiger partial charge in [0.25, 0.3) is 0 Å². The minimum Gasteiger partial charge on any atom is -0.504 e. The molecule has 2 aliphatic rings. The van der Waals surface area contributed by atoms with Gasteiger partial charge in [0, 0.05) is 5.70 Å². The number of aromatic nitrogens is 3. The SMILES string of the molecule is COc1cc(/C=C2\CCCC3=C2Nc2ncnn2[C@H]3c2ccc(O)c(OC)c2)ccc1O. The van der Waals surface area contributed by atoms with Crippen molar-refractivity contribution in [2.75, 3.05) is 19.5 Å². The number of aromatic hydroxyl groups is 2. The van der Waals surface area contributed by atoms with Gasteiger partial charge in [0.1, 0.15) is 12.4 Å². The Kier molecular flexibility index (Phi) is 4.97. The van der Waals surface area contributed by atoms with Crippen molar-refractivity contribution in [2.45, 2.75) is 25.3 Å². The average Bonchev–Trinajstić information content (AvgIpc) is 3.28. The predicted octanol–water partition coefficient (Wildman–Crippen LogP) is 4.24. The Morgan fingerprint density at radius 3 is 2.56 bits per heavy atom. The standard InChI is InChI=1S/C24H24N4O4/c1-31-20-11-14(6-8-18(20)29)10-15-4-3-5-17-22(15)27-24-25-13-26-28(24)23(17)16-7-9-19(30)21(12-16)32-2/h6-13,23,29-30H,3-5H2,1-2H3,(H,25,26,27)/b15-10+/t23-/m0/s1. The number of rotatable bonds is 4. The van der Waals surface area contributed by atoms with Gasteiger partial charge in [0.2, 0.25) is 5.95 Å². The molecule has 3 aromatic rings. The lowest BCUT2D eigenvalue weighted by Crippen LogP contribution is -2.28. The molecule has 1 aromatic heterocycles. The van der Waals surface area contributed by atoms with Crippen LogP contribution in [0.15, 0.2) is 59.6 Å². The first kappa shape index (κ1) is 20.0. The van der Waals surface area contributed by atoms with Crippen molar-refractivity contribution in [3.05, 3.63) is 70.7 Å². The summed E-state index contributed by atoms with van der Waals surface area (Å²) in [4.78, 5) is 4.41. The first-order valence-corrected chi connectivity index (χ1v) is 10.4. The fraction of sp³-hybridized carbons (Fsp3) is 0.250. The third-order valence-corrected chi connectivity index (χ3v) is 5.98. The summed E-state index contributed by atoms with van der Waals surface area (Å²) in [6.07, 6.45) is 6.47. The van der Waals surface area contributed by atoms with Gasteiger partial charge in [-0.1, -0.05) is 12.1 Å². The largest absolute Gasteiger partial charge is 0.504 e. The molecule has 1 aliphatic heterocycles. The lowest BCUT2D eigenvalue weighted by atomic mass is 9.83. The molecule has 0 saturated heterocycles. The second-order valence-electron chi connectivity index (χ2n) is 7.84. The number of hydrogen-bond acceptors (Lipinski definition) is 7. The van der Waals surface area contributed by atoms with Crippen molar-refractivity contribution in [3.8, 4) is 23.0 Å². The number of nitrogens with zero attached hydrogens (tertiary/aromatic N) is 3. The van der Waals surface area contributed by atoms with E-state index >= 15 is 0 Å². The van der Waals surface area contributed by atoms with E-state index in [1.807, 2.05) is 28.9 Å². The number of phenols is 2. The number of anilines is 1. The van der Waals surface area contributed by atoms with Crippen LogP contribution in [0.1, 0.15) is 36.4 Å². The quantitative estimate of drug-likeness (QED) is 0.567. The maximum Gasteiger partial charge on any atom is 0.226 e. The first-order chi connectivity index (χ1) is 15.6. The van der Waals surface area contributed by atoms with Crippen LogP contribution >= 0.6 is 0 Å². The summed E-state index contributed by atoms with van der Waals surface area (Å²) in [7, 11) is 3.08. The maximum absolute atomic E-state index is 10.1. The highest BCUT2D eigenvalue weighted by Crippen LogP contribution is 2.45. The number of benzene rings is 2. The molecule has 0 fully saturated rings. The molecule has 0 bridgehead atoms. The Labute approximate surface area is 185 Å². The Hall–Kier alpha value is -3.94. The Bertz CT molecular complexity index is 1240. The van der Waals surface area contributed by atoms with Gasteiger partial charge in [-0.05, 0) is 71.9 Å². The summed E-state index contributed by atoms with van der Waals surface area (Å²) in [5.41, 5.74) is 5.32. The van der Waals surface area contributed by atoms with Crippen molar-refractivity contribution in [3.63, 3.8) is 0 Å². The van der Waals surface area contributed by atoms with E-state index in [-0.39, 0.29) is 17.5 Å². The molecular formula is C24H24N4O4. The summed E-state index contributed by atoms with van der Waals surface area (Å²) in [6, 6.07) is 10.6. The van der Waals surface area contributed by atoms with Gasteiger partial charge < -0.3 is 25.0 Å². The van der Waals surface area contributed by atoms with Crippen LogP contribution in [0.5, 0.6) is 23.0 Å². The second kappa shape index (κ2) is 7.96. The van der Waals surface area contributed by atoms with Gasteiger partial charge in [-0.3, -0.25) is 0 Å². The zero-order valence-corrected chi connectivity index (χ0v) is 17.9. The number of hydrogen-bond donors (Lipinski definition) is 3. The van der Waals surface area contributed by atoms with E-state index in [9.17, 15) is 10.2 Å².